The zero-order chi connectivity index (χ0) is 21.4. The van der Waals surface area contributed by atoms with Crippen molar-refractivity contribution in [3.05, 3.63) is 94.0 Å². The fourth-order valence-corrected chi connectivity index (χ4v) is 3.99. The van der Waals surface area contributed by atoms with Crippen LogP contribution in [0.5, 0.6) is 0 Å². The molecule has 0 aliphatic heterocycles. The third-order valence-electron chi connectivity index (χ3n) is 5.70. The van der Waals surface area contributed by atoms with Crippen LogP contribution in [0, 0.1) is 20.8 Å². The van der Waals surface area contributed by atoms with Gasteiger partial charge in [0.25, 0.3) is 5.91 Å². The lowest BCUT2D eigenvalue weighted by atomic mass is 10.0. The number of aromatic nitrogens is 1. The minimum atomic E-state index is -0.459. The normalized spacial score (nSPS) is 11.0. The topological polar surface area (TPSA) is 65.1 Å². The number of carbonyl (C=O) groups is 2. The summed E-state index contributed by atoms with van der Waals surface area (Å²) in [5.41, 5.74) is 14.2. The summed E-state index contributed by atoms with van der Waals surface area (Å²) < 4.78 is 2.15. The molecule has 4 heteroatoms. The van der Waals surface area contributed by atoms with Crippen LogP contribution in [0.4, 0.5) is 0 Å². The number of rotatable bonds is 5. The number of hydrogen-bond donors (Lipinski definition) is 1. The van der Waals surface area contributed by atoms with Crippen LogP contribution in [0.1, 0.15) is 43.0 Å². The number of nitrogens with two attached hydrogens (primary N) is 1. The van der Waals surface area contributed by atoms with Crippen molar-refractivity contribution >= 4 is 23.1 Å². The van der Waals surface area contributed by atoms with Crippen molar-refractivity contribution < 1.29 is 9.59 Å². The lowest BCUT2D eigenvalue weighted by Crippen LogP contribution is -2.13. The monoisotopic (exact) mass is 396 g/mol. The molecule has 2 N–H and O–H groups in total. The molecule has 0 aliphatic rings. The van der Waals surface area contributed by atoms with Gasteiger partial charge in [-0.15, -0.1) is 0 Å². The first-order chi connectivity index (χ1) is 14.4. The molecule has 4 rings (SSSR count). The van der Waals surface area contributed by atoms with Gasteiger partial charge >= 0.3 is 0 Å². The van der Waals surface area contributed by atoms with Crippen LogP contribution in [0.15, 0.2) is 60.7 Å². The number of carbonyl (C=O) groups excluding carboxylic acids is 2. The lowest BCUT2D eigenvalue weighted by molar-refractivity contribution is 0.100. The molecule has 1 heterocycles. The average Bonchev–Trinajstić information content (AvgIpc) is 3.04. The van der Waals surface area contributed by atoms with Crippen molar-refractivity contribution in [3.63, 3.8) is 0 Å². The summed E-state index contributed by atoms with van der Waals surface area (Å²) in [4.78, 5) is 23.7. The van der Waals surface area contributed by atoms with E-state index in [0.717, 1.165) is 39.6 Å². The Hall–Kier alpha value is -3.66. The minimum Gasteiger partial charge on any atom is -0.366 e. The van der Waals surface area contributed by atoms with E-state index < -0.39 is 5.91 Å². The Bertz CT molecular complexity index is 1280. The van der Waals surface area contributed by atoms with Crippen LogP contribution >= 0.6 is 0 Å². The van der Waals surface area contributed by atoms with Crippen LogP contribution in [0.25, 0.3) is 22.2 Å². The predicted octanol–water partition coefficient (Wildman–Crippen LogP) is 5.19. The van der Waals surface area contributed by atoms with Gasteiger partial charge in [0.15, 0.2) is 0 Å². The number of primary amides is 1. The first kappa shape index (κ1) is 19.6. The molecular weight excluding hydrogens is 372 g/mol. The number of aldehydes is 1. The number of hydrogen-bond acceptors (Lipinski definition) is 2. The van der Waals surface area contributed by atoms with E-state index in [0.29, 0.717) is 17.7 Å². The van der Waals surface area contributed by atoms with Gasteiger partial charge in [0, 0.05) is 23.0 Å². The van der Waals surface area contributed by atoms with E-state index in [4.69, 9.17) is 5.73 Å². The molecule has 4 aromatic rings. The highest BCUT2D eigenvalue weighted by Crippen LogP contribution is 2.35. The highest BCUT2D eigenvalue weighted by Gasteiger charge is 2.22. The molecule has 1 aromatic heterocycles. The summed E-state index contributed by atoms with van der Waals surface area (Å²) in [6.45, 7) is 6.81. The van der Waals surface area contributed by atoms with Gasteiger partial charge in [0.05, 0.1) is 11.3 Å². The van der Waals surface area contributed by atoms with Gasteiger partial charge in [0.1, 0.15) is 6.29 Å². The summed E-state index contributed by atoms with van der Waals surface area (Å²) in [7, 11) is 0. The van der Waals surface area contributed by atoms with Gasteiger partial charge in [0.2, 0.25) is 0 Å². The van der Waals surface area contributed by atoms with Crippen LogP contribution in [0.2, 0.25) is 0 Å². The Labute approximate surface area is 175 Å². The molecule has 1 amide bonds. The molecule has 0 bridgehead atoms. The zero-order valence-electron chi connectivity index (χ0n) is 17.4. The molecule has 150 valence electrons. The number of fused-ring (bicyclic) bond motifs is 1. The fraction of sp³-hybridized carbons (Fsp3) is 0.154. The Kier molecular flexibility index (Phi) is 5.00. The lowest BCUT2D eigenvalue weighted by Gasteiger charge is -2.14. The van der Waals surface area contributed by atoms with Crippen molar-refractivity contribution in [2.75, 3.05) is 0 Å². The Morgan fingerprint density at radius 2 is 1.67 bits per heavy atom. The molecule has 0 atom stereocenters. The van der Waals surface area contributed by atoms with E-state index in [1.165, 1.54) is 11.1 Å². The first-order valence-electron chi connectivity index (χ1n) is 9.93. The minimum absolute atomic E-state index is 0.459. The van der Waals surface area contributed by atoms with E-state index in [2.05, 4.69) is 36.6 Å². The zero-order valence-corrected chi connectivity index (χ0v) is 17.4. The number of benzene rings is 3. The fourth-order valence-electron chi connectivity index (χ4n) is 3.99. The molecule has 3 aromatic carbocycles. The highest BCUT2D eigenvalue weighted by molar-refractivity contribution is 6.12. The summed E-state index contributed by atoms with van der Waals surface area (Å²) in [6.07, 6.45) is 0.812. The van der Waals surface area contributed by atoms with Crippen LogP contribution in [-0.2, 0) is 6.54 Å². The average molecular weight is 396 g/mol. The Morgan fingerprint density at radius 1 is 0.933 bits per heavy atom. The Balaban J connectivity index is 2.01. The molecule has 0 unspecified atom stereocenters. The first-order valence-corrected chi connectivity index (χ1v) is 9.93. The number of aryl methyl sites for hydroxylation is 3. The SMILES string of the molecule is Cc1ccc2c(c1)c(C(N)=O)c(-c1ccc(C=O)cc1)n2Cc1ccc(C)c(C)c1. The predicted molar refractivity (Wildman–Crippen MR) is 121 cm³/mol. The smallest absolute Gasteiger partial charge is 0.251 e. The van der Waals surface area contributed by atoms with Crippen LogP contribution in [0.3, 0.4) is 0 Å². The summed E-state index contributed by atoms with van der Waals surface area (Å²) in [5.74, 6) is -0.459. The van der Waals surface area contributed by atoms with Gasteiger partial charge in [-0.3, -0.25) is 9.59 Å². The van der Waals surface area contributed by atoms with Gasteiger partial charge in [-0.2, -0.15) is 0 Å². The standard InChI is InChI=1S/C26H24N2O2/c1-16-4-11-23-22(12-16)24(26(27)30)25(21-9-7-19(15-29)8-10-21)28(23)14-20-6-5-17(2)18(3)13-20/h4-13,15H,14H2,1-3H3,(H2,27,30). The van der Waals surface area contributed by atoms with Crippen LogP contribution in [-0.4, -0.2) is 16.8 Å². The van der Waals surface area contributed by atoms with Crippen molar-refractivity contribution in [1.82, 2.24) is 4.57 Å². The van der Waals surface area contributed by atoms with Gasteiger partial charge < -0.3 is 10.3 Å². The van der Waals surface area contributed by atoms with Gasteiger partial charge in [-0.05, 0) is 55.2 Å². The molecule has 4 nitrogen and oxygen atoms in total. The second-order valence-corrected chi connectivity index (χ2v) is 7.85. The Morgan fingerprint density at radius 3 is 2.30 bits per heavy atom. The quantitative estimate of drug-likeness (QED) is 0.472. The van der Waals surface area contributed by atoms with Gasteiger partial charge in [-0.25, -0.2) is 0 Å². The molecule has 0 spiro atoms. The van der Waals surface area contributed by atoms with E-state index >= 15 is 0 Å². The summed E-state index contributed by atoms with van der Waals surface area (Å²) in [6, 6.07) is 19.8. The van der Waals surface area contributed by atoms with E-state index in [1.807, 2.05) is 37.3 Å². The third-order valence-corrected chi connectivity index (χ3v) is 5.70. The maximum Gasteiger partial charge on any atom is 0.251 e. The molecule has 0 aliphatic carbocycles. The molecule has 0 saturated heterocycles. The largest absolute Gasteiger partial charge is 0.366 e. The van der Waals surface area contributed by atoms with Crippen molar-refractivity contribution in [3.8, 4) is 11.3 Å². The van der Waals surface area contributed by atoms with E-state index in [9.17, 15) is 9.59 Å². The molecule has 0 radical (unpaired) electrons. The molecule has 0 fully saturated rings. The van der Waals surface area contributed by atoms with E-state index in [-0.39, 0.29) is 0 Å². The third kappa shape index (κ3) is 3.41. The van der Waals surface area contributed by atoms with Crippen molar-refractivity contribution in [2.24, 2.45) is 5.73 Å². The maximum absolute atomic E-state index is 12.6. The van der Waals surface area contributed by atoms with Crippen molar-refractivity contribution in [1.29, 1.82) is 0 Å². The number of nitrogens with zero attached hydrogens (tertiary/aromatic N) is 1. The maximum atomic E-state index is 12.6. The van der Waals surface area contributed by atoms with Crippen LogP contribution < -0.4 is 5.73 Å². The molecular formula is C26H24N2O2. The van der Waals surface area contributed by atoms with Crippen molar-refractivity contribution in [2.45, 2.75) is 27.3 Å². The highest BCUT2D eigenvalue weighted by atomic mass is 16.1. The summed E-state index contributed by atoms with van der Waals surface area (Å²) >= 11 is 0. The summed E-state index contributed by atoms with van der Waals surface area (Å²) in [5, 5.41) is 0.848. The van der Waals surface area contributed by atoms with Gasteiger partial charge in [-0.1, -0.05) is 54.1 Å². The molecule has 30 heavy (non-hydrogen) atoms. The van der Waals surface area contributed by atoms with E-state index in [1.54, 1.807) is 12.1 Å². The second kappa shape index (κ2) is 7.64. The number of amides is 1. The second-order valence-electron chi connectivity index (χ2n) is 7.85. The molecule has 0 saturated carbocycles.